The summed E-state index contributed by atoms with van der Waals surface area (Å²) in [6, 6.07) is 0. The molecule has 0 aliphatic carbocycles. The molecule has 0 spiro atoms. The number of nitrogens with zero attached hydrogens (tertiary/aromatic N) is 1. The molecule has 0 amide bonds. The van der Waals surface area contributed by atoms with E-state index >= 15 is 0 Å². The number of aliphatic carboxylic acids is 1. The predicted octanol–water partition coefficient (Wildman–Crippen LogP) is 1.21. The Bertz CT molecular complexity index is 175. The van der Waals surface area contributed by atoms with Crippen molar-refractivity contribution in [2.24, 2.45) is 5.92 Å². The lowest BCUT2D eigenvalue weighted by Crippen LogP contribution is -2.27. The first-order valence-electron chi connectivity index (χ1n) is 3.95. The van der Waals surface area contributed by atoms with E-state index in [1.54, 1.807) is 0 Å². The van der Waals surface area contributed by atoms with Crippen molar-refractivity contribution in [3.63, 3.8) is 0 Å². The summed E-state index contributed by atoms with van der Waals surface area (Å²) in [5.41, 5.74) is 0.921. The number of carboxylic acid groups (broad SMARTS) is 1. The highest BCUT2D eigenvalue weighted by molar-refractivity contribution is 5.70. The molecule has 0 aromatic heterocycles. The van der Waals surface area contributed by atoms with Gasteiger partial charge in [-0.25, -0.2) is 0 Å². The summed E-state index contributed by atoms with van der Waals surface area (Å²) in [6.45, 7) is 6.13. The Morgan fingerprint density at radius 2 is 2.08 bits per heavy atom. The number of hydrogen-bond donors (Lipinski definition) is 1. The van der Waals surface area contributed by atoms with Gasteiger partial charge in [-0.1, -0.05) is 5.57 Å². The Morgan fingerprint density at radius 1 is 1.58 bits per heavy atom. The lowest BCUT2D eigenvalue weighted by atomic mass is 10.0. The number of allylic oxidation sites excluding steroid dienone is 1. The standard InChI is InChI=1S/C9H17NO2/c1-7(2)5-8(9(11)12)6-10(3)4/h8H,1,5-6H2,2-4H3,(H,11,12). The van der Waals surface area contributed by atoms with E-state index in [2.05, 4.69) is 6.58 Å². The highest BCUT2D eigenvalue weighted by Crippen LogP contribution is 2.10. The van der Waals surface area contributed by atoms with E-state index in [1.165, 1.54) is 0 Å². The van der Waals surface area contributed by atoms with Crippen LogP contribution in [0.25, 0.3) is 0 Å². The van der Waals surface area contributed by atoms with E-state index in [1.807, 2.05) is 25.9 Å². The third-order valence-electron chi connectivity index (χ3n) is 1.53. The maximum atomic E-state index is 10.7. The van der Waals surface area contributed by atoms with E-state index in [0.717, 1.165) is 5.57 Å². The van der Waals surface area contributed by atoms with Crippen molar-refractivity contribution in [2.45, 2.75) is 13.3 Å². The first-order valence-corrected chi connectivity index (χ1v) is 3.95. The molecule has 3 heteroatoms. The Hall–Kier alpha value is -0.830. The van der Waals surface area contributed by atoms with Crippen LogP contribution in [0.5, 0.6) is 0 Å². The third-order valence-corrected chi connectivity index (χ3v) is 1.53. The van der Waals surface area contributed by atoms with Crippen LogP contribution in [0.4, 0.5) is 0 Å². The monoisotopic (exact) mass is 171 g/mol. The molecular weight excluding hydrogens is 154 g/mol. The van der Waals surface area contributed by atoms with Gasteiger partial charge < -0.3 is 10.0 Å². The Morgan fingerprint density at radius 3 is 2.33 bits per heavy atom. The average molecular weight is 171 g/mol. The summed E-state index contributed by atoms with van der Waals surface area (Å²) in [4.78, 5) is 12.6. The molecule has 1 unspecified atom stereocenters. The molecule has 0 saturated carbocycles. The minimum absolute atomic E-state index is 0.322. The summed E-state index contributed by atoms with van der Waals surface area (Å²) < 4.78 is 0. The summed E-state index contributed by atoms with van der Waals surface area (Å²) in [7, 11) is 3.74. The molecule has 0 aromatic carbocycles. The molecule has 12 heavy (non-hydrogen) atoms. The zero-order valence-corrected chi connectivity index (χ0v) is 8.00. The maximum absolute atomic E-state index is 10.7. The zero-order valence-electron chi connectivity index (χ0n) is 8.00. The lowest BCUT2D eigenvalue weighted by Gasteiger charge is -2.16. The third kappa shape index (κ3) is 4.91. The molecule has 0 heterocycles. The van der Waals surface area contributed by atoms with Crippen molar-refractivity contribution in [1.82, 2.24) is 4.90 Å². The Balaban J connectivity index is 4.04. The summed E-state index contributed by atoms with van der Waals surface area (Å²) in [5.74, 6) is -1.07. The largest absolute Gasteiger partial charge is 0.481 e. The first-order chi connectivity index (χ1) is 5.43. The van der Waals surface area contributed by atoms with Crippen molar-refractivity contribution in [3.05, 3.63) is 12.2 Å². The molecule has 0 aliphatic heterocycles. The van der Waals surface area contributed by atoms with E-state index in [4.69, 9.17) is 5.11 Å². The van der Waals surface area contributed by atoms with Gasteiger partial charge >= 0.3 is 5.97 Å². The molecule has 1 atom stereocenters. The molecule has 0 rings (SSSR count). The van der Waals surface area contributed by atoms with Crippen LogP contribution in [0.3, 0.4) is 0 Å². The van der Waals surface area contributed by atoms with E-state index < -0.39 is 5.97 Å². The predicted molar refractivity (Wildman–Crippen MR) is 49.1 cm³/mol. The molecular formula is C9H17NO2. The minimum atomic E-state index is -0.744. The average Bonchev–Trinajstić information content (AvgIpc) is 1.83. The smallest absolute Gasteiger partial charge is 0.308 e. The minimum Gasteiger partial charge on any atom is -0.481 e. The van der Waals surface area contributed by atoms with E-state index in [-0.39, 0.29) is 5.92 Å². The Kier molecular flexibility index (Phi) is 4.59. The number of carboxylic acids is 1. The first kappa shape index (κ1) is 11.2. The van der Waals surface area contributed by atoms with Crippen LogP contribution in [0.1, 0.15) is 13.3 Å². The van der Waals surface area contributed by atoms with Gasteiger partial charge in [0.2, 0.25) is 0 Å². The van der Waals surface area contributed by atoms with Crippen molar-refractivity contribution in [2.75, 3.05) is 20.6 Å². The van der Waals surface area contributed by atoms with Crippen molar-refractivity contribution in [3.8, 4) is 0 Å². The number of rotatable bonds is 5. The van der Waals surface area contributed by atoms with Crippen molar-refractivity contribution >= 4 is 5.97 Å². The Labute approximate surface area is 73.7 Å². The second-order valence-corrected chi connectivity index (χ2v) is 3.46. The van der Waals surface area contributed by atoms with Gasteiger partial charge in [-0.3, -0.25) is 4.79 Å². The second-order valence-electron chi connectivity index (χ2n) is 3.46. The van der Waals surface area contributed by atoms with Crippen molar-refractivity contribution in [1.29, 1.82) is 0 Å². The molecule has 0 bridgehead atoms. The fourth-order valence-corrected chi connectivity index (χ4v) is 1.09. The fraction of sp³-hybridized carbons (Fsp3) is 0.667. The molecule has 0 fully saturated rings. The van der Waals surface area contributed by atoms with Gasteiger partial charge in [0.1, 0.15) is 0 Å². The maximum Gasteiger partial charge on any atom is 0.308 e. The van der Waals surface area contributed by atoms with Crippen LogP contribution in [0, 0.1) is 5.92 Å². The summed E-state index contributed by atoms with van der Waals surface area (Å²) in [5, 5.41) is 8.80. The van der Waals surface area contributed by atoms with Crippen LogP contribution in [0.2, 0.25) is 0 Å². The quantitative estimate of drug-likeness (QED) is 0.632. The molecule has 70 valence electrons. The van der Waals surface area contributed by atoms with Gasteiger partial charge in [0.05, 0.1) is 5.92 Å². The molecule has 1 N–H and O–H groups in total. The van der Waals surface area contributed by atoms with Crippen LogP contribution < -0.4 is 0 Å². The van der Waals surface area contributed by atoms with E-state index in [9.17, 15) is 4.79 Å². The highest BCUT2D eigenvalue weighted by atomic mass is 16.4. The molecule has 0 aromatic rings. The highest BCUT2D eigenvalue weighted by Gasteiger charge is 2.17. The topological polar surface area (TPSA) is 40.5 Å². The molecule has 0 radical (unpaired) electrons. The molecule has 0 aliphatic rings. The fourth-order valence-electron chi connectivity index (χ4n) is 1.09. The zero-order chi connectivity index (χ0) is 9.72. The molecule has 3 nitrogen and oxygen atoms in total. The lowest BCUT2D eigenvalue weighted by molar-refractivity contribution is -0.142. The summed E-state index contributed by atoms with van der Waals surface area (Å²) >= 11 is 0. The second kappa shape index (κ2) is 4.93. The van der Waals surface area contributed by atoms with Gasteiger partial charge in [-0.2, -0.15) is 0 Å². The van der Waals surface area contributed by atoms with Crippen LogP contribution in [0.15, 0.2) is 12.2 Å². The van der Waals surface area contributed by atoms with Crippen molar-refractivity contribution < 1.29 is 9.90 Å². The van der Waals surface area contributed by atoms with Crippen LogP contribution in [-0.2, 0) is 4.79 Å². The van der Waals surface area contributed by atoms with E-state index in [0.29, 0.717) is 13.0 Å². The van der Waals surface area contributed by atoms with Gasteiger partial charge in [0, 0.05) is 6.54 Å². The van der Waals surface area contributed by atoms with Gasteiger partial charge in [-0.15, -0.1) is 6.58 Å². The van der Waals surface area contributed by atoms with Gasteiger partial charge in [-0.05, 0) is 27.4 Å². The van der Waals surface area contributed by atoms with Crippen LogP contribution >= 0.6 is 0 Å². The van der Waals surface area contributed by atoms with Gasteiger partial charge in [0.15, 0.2) is 0 Å². The molecule has 0 saturated heterocycles. The number of carbonyl (C=O) groups is 1. The normalized spacial score (nSPS) is 13.0. The van der Waals surface area contributed by atoms with Gasteiger partial charge in [0.25, 0.3) is 0 Å². The summed E-state index contributed by atoms with van der Waals surface area (Å²) in [6.07, 6.45) is 0.563. The number of hydrogen-bond acceptors (Lipinski definition) is 2. The SMILES string of the molecule is C=C(C)CC(CN(C)C)C(=O)O. The van der Waals surface area contributed by atoms with Crippen LogP contribution in [-0.4, -0.2) is 36.6 Å².